The van der Waals surface area contributed by atoms with Crippen LogP contribution < -0.4 is 0 Å². The molecule has 0 aliphatic carbocycles. The summed E-state index contributed by atoms with van der Waals surface area (Å²) in [5.41, 5.74) is -0.691. The second-order valence-electron chi connectivity index (χ2n) is 6.80. The molecule has 0 heterocycles. The SMILES string of the molecule is CN(C)CCN(CC(=O)OC(C)(C)C)S(=O)(=O)c1ccc(Br)cc1Cl. The van der Waals surface area contributed by atoms with Crippen LogP contribution in [0.5, 0.6) is 0 Å². The highest BCUT2D eigenvalue weighted by Gasteiger charge is 2.30. The molecule has 0 N–H and O–H groups in total. The molecule has 6 nitrogen and oxygen atoms in total. The van der Waals surface area contributed by atoms with Crippen LogP contribution in [0.4, 0.5) is 0 Å². The summed E-state index contributed by atoms with van der Waals surface area (Å²) >= 11 is 9.35. The van der Waals surface area contributed by atoms with Crippen LogP contribution in [0.1, 0.15) is 20.8 Å². The Morgan fingerprint density at radius 2 is 1.84 bits per heavy atom. The van der Waals surface area contributed by atoms with Gasteiger partial charge >= 0.3 is 5.97 Å². The van der Waals surface area contributed by atoms with Gasteiger partial charge in [-0.2, -0.15) is 4.31 Å². The van der Waals surface area contributed by atoms with Crippen LogP contribution in [-0.4, -0.2) is 62.9 Å². The Bertz CT molecular complexity index is 717. The summed E-state index contributed by atoms with van der Waals surface area (Å²) in [6, 6.07) is 4.52. The van der Waals surface area contributed by atoms with E-state index in [1.807, 2.05) is 19.0 Å². The fraction of sp³-hybridized carbons (Fsp3) is 0.562. The molecule has 0 aromatic heterocycles. The molecule has 0 unspecified atom stereocenters. The van der Waals surface area contributed by atoms with Crippen LogP contribution in [0, 0.1) is 0 Å². The molecule has 0 amide bonds. The molecule has 0 atom stereocenters. The van der Waals surface area contributed by atoms with Crippen LogP contribution >= 0.6 is 27.5 Å². The van der Waals surface area contributed by atoms with E-state index in [9.17, 15) is 13.2 Å². The summed E-state index contributed by atoms with van der Waals surface area (Å²) in [4.78, 5) is 13.9. The molecule has 0 fully saturated rings. The van der Waals surface area contributed by atoms with Crippen LogP contribution in [0.2, 0.25) is 5.02 Å². The summed E-state index contributed by atoms with van der Waals surface area (Å²) < 4.78 is 33.0. The average molecular weight is 456 g/mol. The van der Waals surface area contributed by atoms with E-state index in [-0.39, 0.29) is 23.0 Å². The molecule has 0 radical (unpaired) electrons. The quantitative estimate of drug-likeness (QED) is 0.591. The van der Waals surface area contributed by atoms with E-state index in [0.717, 1.165) is 4.31 Å². The van der Waals surface area contributed by atoms with E-state index in [4.69, 9.17) is 16.3 Å². The smallest absolute Gasteiger partial charge is 0.321 e. The molecule has 0 bridgehead atoms. The van der Waals surface area contributed by atoms with Gasteiger partial charge in [0, 0.05) is 17.6 Å². The number of likely N-dealkylation sites (N-methyl/N-ethyl adjacent to an activating group) is 1. The van der Waals surface area contributed by atoms with Crippen molar-refractivity contribution in [3.8, 4) is 0 Å². The number of carbonyl (C=O) groups is 1. The van der Waals surface area contributed by atoms with Crippen molar-refractivity contribution in [2.45, 2.75) is 31.3 Å². The molecular formula is C16H24BrClN2O4S. The Kier molecular flexibility index (Phi) is 7.89. The summed E-state index contributed by atoms with van der Waals surface area (Å²) in [7, 11) is -0.293. The predicted molar refractivity (Wildman–Crippen MR) is 102 cm³/mol. The van der Waals surface area contributed by atoms with Crippen LogP contribution in [0.3, 0.4) is 0 Å². The lowest BCUT2D eigenvalue weighted by molar-refractivity contribution is -0.155. The van der Waals surface area contributed by atoms with Crippen molar-refractivity contribution in [3.05, 3.63) is 27.7 Å². The Morgan fingerprint density at radius 1 is 1.24 bits per heavy atom. The van der Waals surface area contributed by atoms with Gasteiger partial charge in [0.15, 0.2) is 0 Å². The number of hydrogen-bond acceptors (Lipinski definition) is 5. The largest absolute Gasteiger partial charge is 0.459 e. The third kappa shape index (κ3) is 7.22. The van der Waals surface area contributed by atoms with E-state index in [0.29, 0.717) is 11.0 Å². The zero-order valence-corrected chi connectivity index (χ0v) is 18.2. The summed E-state index contributed by atoms with van der Waals surface area (Å²) in [5, 5.41) is 0.0911. The molecule has 142 valence electrons. The van der Waals surface area contributed by atoms with E-state index in [1.165, 1.54) is 12.1 Å². The molecule has 0 saturated carbocycles. The Labute approximate surface area is 163 Å². The molecule has 9 heteroatoms. The summed E-state index contributed by atoms with van der Waals surface area (Å²) in [6.07, 6.45) is 0. The second-order valence-corrected chi connectivity index (χ2v) is 10.0. The monoisotopic (exact) mass is 454 g/mol. The molecule has 0 spiro atoms. The number of benzene rings is 1. The number of esters is 1. The van der Waals surface area contributed by atoms with Crippen molar-refractivity contribution >= 4 is 43.5 Å². The first-order valence-corrected chi connectivity index (χ1v) is 10.3. The van der Waals surface area contributed by atoms with E-state index < -0.39 is 21.6 Å². The maximum atomic E-state index is 13.0. The van der Waals surface area contributed by atoms with Gasteiger partial charge < -0.3 is 9.64 Å². The first-order valence-electron chi connectivity index (χ1n) is 7.65. The van der Waals surface area contributed by atoms with Gasteiger partial charge in [-0.25, -0.2) is 8.42 Å². The maximum Gasteiger partial charge on any atom is 0.321 e. The topological polar surface area (TPSA) is 66.9 Å². The second kappa shape index (κ2) is 8.81. The number of hydrogen-bond donors (Lipinski definition) is 0. The highest BCUT2D eigenvalue weighted by Crippen LogP contribution is 2.27. The zero-order chi connectivity index (χ0) is 19.4. The number of ether oxygens (including phenoxy) is 1. The minimum Gasteiger partial charge on any atom is -0.459 e. The Balaban J connectivity index is 3.14. The van der Waals surface area contributed by atoms with Gasteiger partial charge in [-0.15, -0.1) is 0 Å². The van der Waals surface area contributed by atoms with Gasteiger partial charge in [0.2, 0.25) is 10.0 Å². The Hall–Kier alpha value is -0.670. The number of nitrogens with zero attached hydrogens (tertiary/aromatic N) is 2. The number of sulfonamides is 1. The van der Waals surface area contributed by atoms with Crippen molar-refractivity contribution < 1.29 is 17.9 Å². The highest BCUT2D eigenvalue weighted by molar-refractivity contribution is 9.10. The van der Waals surface area contributed by atoms with Crippen molar-refractivity contribution in [1.82, 2.24) is 9.21 Å². The summed E-state index contributed by atoms with van der Waals surface area (Å²) in [5.74, 6) is -0.608. The molecule has 1 rings (SSSR count). The molecule has 0 saturated heterocycles. The molecular weight excluding hydrogens is 432 g/mol. The molecule has 1 aromatic carbocycles. The molecule has 1 aromatic rings. The van der Waals surface area contributed by atoms with Gasteiger partial charge in [-0.05, 0) is 53.1 Å². The van der Waals surface area contributed by atoms with E-state index >= 15 is 0 Å². The zero-order valence-electron chi connectivity index (χ0n) is 15.0. The lowest BCUT2D eigenvalue weighted by atomic mass is 10.2. The third-order valence-electron chi connectivity index (χ3n) is 3.03. The lowest BCUT2D eigenvalue weighted by Crippen LogP contribution is -2.42. The fourth-order valence-electron chi connectivity index (χ4n) is 1.94. The number of carbonyl (C=O) groups excluding carboxylic acids is 1. The standard InChI is InChI=1S/C16H24BrClN2O4S/c1-16(2,3)24-15(21)11-20(9-8-19(4)5)25(22,23)14-7-6-12(17)10-13(14)18/h6-7,10H,8-9,11H2,1-5H3. The lowest BCUT2D eigenvalue weighted by Gasteiger charge is -2.26. The van der Waals surface area contributed by atoms with Crippen molar-refractivity contribution in [1.29, 1.82) is 0 Å². The van der Waals surface area contributed by atoms with Crippen molar-refractivity contribution in [2.24, 2.45) is 0 Å². The van der Waals surface area contributed by atoms with E-state index in [2.05, 4.69) is 15.9 Å². The first-order chi connectivity index (χ1) is 11.3. The van der Waals surface area contributed by atoms with Crippen molar-refractivity contribution in [3.63, 3.8) is 0 Å². The van der Waals surface area contributed by atoms with Gasteiger partial charge in [-0.1, -0.05) is 27.5 Å². The minimum atomic E-state index is -3.94. The molecule has 25 heavy (non-hydrogen) atoms. The van der Waals surface area contributed by atoms with Crippen LogP contribution in [-0.2, 0) is 19.6 Å². The van der Waals surface area contributed by atoms with Gasteiger partial charge in [-0.3, -0.25) is 4.79 Å². The number of halogens is 2. The van der Waals surface area contributed by atoms with Gasteiger partial charge in [0.05, 0.1) is 5.02 Å². The normalized spacial score (nSPS) is 12.7. The van der Waals surface area contributed by atoms with Crippen LogP contribution in [0.15, 0.2) is 27.6 Å². The maximum absolute atomic E-state index is 13.0. The third-order valence-corrected chi connectivity index (χ3v) is 5.86. The number of rotatable bonds is 7. The van der Waals surface area contributed by atoms with E-state index in [1.54, 1.807) is 26.8 Å². The van der Waals surface area contributed by atoms with Crippen molar-refractivity contribution in [2.75, 3.05) is 33.7 Å². The molecule has 0 aliphatic heterocycles. The van der Waals surface area contributed by atoms with Crippen LogP contribution in [0.25, 0.3) is 0 Å². The highest BCUT2D eigenvalue weighted by atomic mass is 79.9. The molecule has 0 aliphatic rings. The van der Waals surface area contributed by atoms with Gasteiger partial charge in [0.25, 0.3) is 0 Å². The Morgan fingerprint density at radius 3 is 2.32 bits per heavy atom. The fourth-order valence-corrected chi connectivity index (χ4v) is 4.32. The first kappa shape index (κ1) is 22.4. The van der Waals surface area contributed by atoms with Gasteiger partial charge in [0.1, 0.15) is 17.0 Å². The minimum absolute atomic E-state index is 0.0420. The summed E-state index contributed by atoms with van der Waals surface area (Å²) in [6.45, 7) is 5.41. The predicted octanol–water partition coefficient (Wildman–Crippen LogP) is 3.00. The average Bonchev–Trinajstić information content (AvgIpc) is 2.40.